The van der Waals surface area contributed by atoms with E-state index in [1.165, 1.54) is 0 Å². The molecule has 32 heavy (non-hydrogen) atoms. The number of carbonyl (C=O) groups excluding carboxylic acids is 1. The van der Waals surface area contributed by atoms with Gasteiger partial charge < -0.3 is 14.3 Å². The highest BCUT2D eigenvalue weighted by Gasteiger charge is 2.57. The summed E-state index contributed by atoms with van der Waals surface area (Å²) in [6.07, 6.45) is -0.893. The van der Waals surface area contributed by atoms with Gasteiger partial charge in [-0.2, -0.15) is 0 Å². The van der Waals surface area contributed by atoms with Crippen LogP contribution in [-0.2, 0) is 9.16 Å². The monoisotopic (exact) mass is 456 g/mol. The van der Waals surface area contributed by atoms with E-state index in [0.29, 0.717) is 13.0 Å². The van der Waals surface area contributed by atoms with Crippen LogP contribution >= 0.6 is 0 Å². The second kappa shape index (κ2) is 8.80. The van der Waals surface area contributed by atoms with Crippen molar-refractivity contribution in [3.05, 3.63) is 48.0 Å². The van der Waals surface area contributed by atoms with Gasteiger partial charge >= 0.3 is 6.09 Å². The molecule has 2 aromatic rings. The number of likely N-dealkylation sites (tertiary alicyclic amines) is 1. The van der Waals surface area contributed by atoms with Crippen molar-refractivity contribution in [2.75, 3.05) is 6.54 Å². The molecule has 0 bridgehead atoms. The van der Waals surface area contributed by atoms with Crippen LogP contribution in [0.25, 0.3) is 10.8 Å². The van der Waals surface area contributed by atoms with Crippen LogP contribution in [0.3, 0.4) is 0 Å². The zero-order valence-corrected chi connectivity index (χ0v) is 21.7. The number of hydrogen-bond donors (Lipinski definition) is 1. The van der Waals surface area contributed by atoms with E-state index < -0.39 is 32.6 Å². The lowest BCUT2D eigenvalue weighted by molar-refractivity contribution is -0.140. The number of rotatable bonds is 4. The molecule has 1 amide bonds. The average molecular weight is 457 g/mol. The average Bonchev–Trinajstić information content (AvgIpc) is 3.06. The Morgan fingerprint density at radius 2 is 1.72 bits per heavy atom. The van der Waals surface area contributed by atoms with Crippen molar-refractivity contribution >= 4 is 25.9 Å². The summed E-state index contributed by atoms with van der Waals surface area (Å²) in [5.41, 5.74) is -1.10. The predicted molar refractivity (Wildman–Crippen MR) is 131 cm³/mol. The highest BCUT2D eigenvalue weighted by atomic mass is 28.3. The largest absolute Gasteiger partial charge is 0.444 e. The van der Waals surface area contributed by atoms with Crippen LogP contribution in [0.2, 0.25) is 13.1 Å². The van der Waals surface area contributed by atoms with Crippen LogP contribution in [-0.4, -0.2) is 43.0 Å². The van der Waals surface area contributed by atoms with Crippen LogP contribution in [0, 0.1) is 11.3 Å². The third-order valence-electron chi connectivity index (χ3n) is 6.16. The number of fused-ring (bicyclic) bond motifs is 1. The Labute approximate surface area is 194 Å². The second-order valence-corrected chi connectivity index (χ2v) is 13.2. The lowest BCUT2D eigenvalue weighted by Gasteiger charge is -2.43. The van der Waals surface area contributed by atoms with E-state index in [9.17, 15) is 9.90 Å². The van der Waals surface area contributed by atoms with Gasteiger partial charge in [0.2, 0.25) is 9.04 Å². The minimum absolute atomic E-state index is 0.0573. The fourth-order valence-corrected chi connectivity index (χ4v) is 5.54. The molecule has 1 N–H and O–H groups in total. The first-order chi connectivity index (χ1) is 14.7. The molecule has 1 aliphatic rings. The van der Waals surface area contributed by atoms with Gasteiger partial charge in [0.1, 0.15) is 11.7 Å². The van der Waals surface area contributed by atoms with Crippen molar-refractivity contribution in [3.8, 4) is 0 Å². The van der Waals surface area contributed by atoms with Gasteiger partial charge in [0, 0.05) is 13.0 Å². The molecular weight excluding hydrogens is 418 g/mol. The molecule has 1 radical (unpaired) electrons. The molecule has 2 aromatic carbocycles. The van der Waals surface area contributed by atoms with E-state index in [1.54, 1.807) is 4.90 Å². The molecule has 175 valence electrons. The van der Waals surface area contributed by atoms with Crippen LogP contribution < -0.4 is 0 Å². The molecule has 5 nitrogen and oxygen atoms in total. The first-order valence-electron chi connectivity index (χ1n) is 11.4. The summed E-state index contributed by atoms with van der Waals surface area (Å²) in [5.74, 6) is 0.154. The Hall–Kier alpha value is -1.89. The lowest BCUT2D eigenvalue weighted by Crippen LogP contribution is -2.56. The fourth-order valence-electron chi connectivity index (χ4n) is 4.53. The number of amides is 1. The van der Waals surface area contributed by atoms with E-state index in [0.717, 1.165) is 16.3 Å². The quantitative estimate of drug-likeness (QED) is 0.561. The van der Waals surface area contributed by atoms with E-state index in [-0.39, 0.29) is 11.3 Å². The maximum atomic E-state index is 13.5. The number of carbonyl (C=O) groups is 1. The molecule has 3 atom stereocenters. The summed E-state index contributed by atoms with van der Waals surface area (Å²) in [7, 11) is -1.27. The van der Waals surface area contributed by atoms with E-state index >= 15 is 0 Å². The van der Waals surface area contributed by atoms with Crippen LogP contribution in [0.1, 0.15) is 59.6 Å². The molecule has 0 spiro atoms. The van der Waals surface area contributed by atoms with E-state index in [1.807, 2.05) is 76.3 Å². The minimum atomic E-state index is -1.27. The Morgan fingerprint density at radius 3 is 2.31 bits per heavy atom. The first-order valence-corrected chi connectivity index (χ1v) is 13.8. The smallest absolute Gasteiger partial charge is 0.412 e. The van der Waals surface area contributed by atoms with E-state index in [4.69, 9.17) is 9.16 Å². The molecule has 6 heteroatoms. The summed E-state index contributed by atoms with van der Waals surface area (Å²) in [5, 5.41) is 14.0. The third kappa shape index (κ3) is 5.03. The topological polar surface area (TPSA) is 59.0 Å². The van der Waals surface area contributed by atoms with Gasteiger partial charge in [-0.25, -0.2) is 4.79 Å². The number of nitrogens with zero attached hydrogens (tertiary/aromatic N) is 1. The predicted octanol–water partition coefficient (Wildman–Crippen LogP) is 6.14. The highest BCUT2D eigenvalue weighted by Crippen LogP contribution is 2.50. The van der Waals surface area contributed by atoms with Gasteiger partial charge in [0.25, 0.3) is 0 Å². The minimum Gasteiger partial charge on any atom is -0.444 e. The van der Waals surface area contributed by atoms with Crippen LogP contribution in [0.4, 0.5) is 4.79 Å². The molecule has 0 aromatic heterocycles. The van der Waals surface area contributed by atoms with Crippen molar-refractivity contribution in [2.45, 2.75) is 78.5 Å². The van der Waals surface area contributed by atoms with Gasteiger partial charge in [-0.05, 0) is 61.5 Å². The molecule has 1 heterocycles. The summed E-state index contributed by atoms with van der Waals surface area (Å²) < 4.78 is 12.4. The van der Waals surface area contributed by atoms with Gasteiger partial charge in [0.05, 0.1) is 0 Å². The van der Waals surface area contributed by atoms with Crippen molar-refractivity contribution in [3.63, 3.8) is 0 Å². The van der Waals surface area contributed by atoms with Gasteiger partial charge in [0.15, 0.2) is 5.72 Å². The molecule has 0 aliphatic carbocycles. The van der Waals surface area contributed by atoms with Gasteiger partial charge in [-0.3, -0.25) is 4.90 Å². The highest BCUT2D eigenvalue weighted by molar-refractivity contribution is 6.48. The number of ether oxygens (including phenoxy) is 1. The summed E-state index contributed by atoms with van der Waals surface area (Å²) in [6, 6.07) is 13.9. The number of hydrogen-bond acceptors (Lipinski definition) is 4. The standard InChI is InChI=1S/C26H38NO4Si/c1-24(2,3)19-16-26(31-32(7)8,27(17-19)23(29)30-25(4,5)6)22(28)21-15-11-13-18-12-9-10-14-20(18)21/h9-15,19,22,28H,16-17H2,1-8H3/t19-,22?,26-/m0/s1. The van der Waals surface area contributed by atoms with Gasteiger partial charge in [-0.15, -0.1) is 0 Å². The number of aliphatic hydroxyl groups excluding tert-OH is 1. The number of benzene rings is 2. The zero-order chi connectivity index (χ0) is 23.9. The molecule has 1 aliphatic heterocycles. The van der Waals surface area contributed by atoms with Crippen molar-refractivity contribution in [1.29, 1.82) is 0 Å². The first kappa shape index (κ1) is 24.7. The molecule has 3 rings (SSSR count). The van der Waals surface area contributed by atoms with Gasteiger partial charge in [-0.1, -0.05) is 63.2 Å². The maximum Gasteiger partial charge on any atom is 0.412 e. The summed E-state index contributed by atoms with van der Waals surface area (Å²) >= 11 is 0. The Kier molecular flexibility index (Phi) is 6.81. The Morgan fingerprint density at radius 1 is 1.09 bits per heavy atom. The Balaban J connectivity index is 2.16. The zero-order valence-electron chi connectivity index (χ0n) is 20.7. The fraction of sp³-hybridized carbons (Fsp3) is 0.577. The normalized spacial score (nSPS) is 23.1. The van der Waals surface area contributed by atoms with Crippen LogP contribution in [0.5, 0.6) is 0 Å². The molecular formula is C26H38NO4Si. The summed E-state index contributed by atoms with van der Waals surface area (Å²) in [6.45, 7) is 16.7. The third-order valence-corrected chi connectivity index (χ3v) is 6.93. The molecule has 0 saturated carbocycles. The lowest BCUT2D eigenvalue weighted by atomic mass is 9.78. The molecule has 1 unspecified atom stereocenters. The SMILES string of the molecule is C[Si](C)O[C@]1(C(O)c2cccc3ccccc23)C[C@H](C(C)(C)C)CN1C(=O)OC(C)(C)C. The van der Waals surface area contributed by atoms with E-state index in [2.05, 4.69) is 20.8 Å². The van der Waals surface area contributed by atoms with Crippen LogP contribution in [0.15, 0.2) is 42.5 Å². The van der Waals surface area contributed by atoms with Crippen molar-refractivity contribution in [1.82, 2.24) is 4.90 Å². The number of aliphatic hydroxyl groups is 1. The maximum absolute atomic E-state index is 13.5. The summed E-state index contributed by atoms with van der Waals surface area (Å²) in [4.78, 5) is 15.1. The van der Waals surface area contributed by atoms with Crippen molar-refractivity contribution < 1.29 is 19.1 Å². The Bertz CT molecular complexity index is 957. The second-order valence-electron chi connectivity index (χ2n) is 11.2. The van der Waals surface area contributed by atoms with Crippen molar-refractivity contribution in [2.24, 2.45) is 11.3 Å². The molecule has 1 saturated heterocycles. The molecule has 1 fully saturated rings.